The third-order valence-corrected chi connectivity index (χ3v) is 5.55. The summed E-state index contributed by atoms with van der Waals surface area (Å²) in [5.74, 6) is -0.836. The summed E-state index contributed by atoms with van der Waals surface area (Å²) in [6, 6.07) is 15.8. The minimum Gasteiger partial charge on any atom is -0.466 e. The van der Waals surface area contributed by atoms with Crippen LogP contribution in [0.1, 0.15) is 84.8 Å². The van der Waals surface area contributed by atoms with Crippen molar-refractivity contribution in [2.24, 2.45) is 0 Å². The zero-order valence-electron chi connectivity index (χ0n) is 23.2. The first-order valence-electron chi connectivity index (χ1n) is 13.1. The number of fused-ring (bicyclic) bond motifs is 2. The minimum absolute atomic E-state index is 0.211. The van der Waals surface area contributed by atoms with E-state index in [2.05, 4.69) is 18.6 Å². The van der Waals surface area contributed by atoms with Crippen LogP contribution in [0.25, 0.3) is 21.5 Å². The number of rotatable bonds is 9. The Kier molecular flexibility index (Phi) is 15.3. The summed E-state index contributed by atoms with van der Waals surface area (Å²) in [4.78, 5) is 32.3. The summed E-state index contributed by atoms with van der Waals surface area (Å²) in [6.07, 6.45) is 7.01. The van der Waals surface area contributed by atoms with Gasteiger partial charge in [-0.15, -0.1) is 0 Å². The molecule has 0 radical (unpaired) electrons. The van der Waals surface area contributed by atoms with E-state index < -0.39 is 0 Å². The maximum atomic E-state index is 11.3. The van der Waals surface area contributed by atoms with Gasteiger partial charge in [0.05, 0.1) is 6.61 Å². The van der Waals surface area contributed by atoms with Gasteiger partial charge < -0.3 is 14.2 Å². The fourth-order valence-corrected chi connectivity index (χ4v) is 3.85. The molecule has 3 rings (SSSR count). The molecule has 0 amide bonds. The Labute approximate surface area is 221 Å². The zero-order valence-corrected chi connectivity index (χ0v) is 23.2. The molecule has 0 aromatic heterocycles. The molecule has 6 heteroatoms. The average Bonchev–Trinajstić information content (AvgIpc) is 2.87. The van der Waals surface area contributed by atoms with E-state index in [0.29, 0.717) is 6.61 Å². The largest absolute Gasteiger partial charge is 0.466 e. The van der Waals surface area contributed by atoms with E-state index in [0.717, 1.165) is 32.7 Å². The Morgan fingerprint density at radius 2 is 0.865 bits per heavy atom. The SMILES string of the molecule is CC(=O)OCc1c2ccccc2c(COC(C)=O)c2ccccc12.CCCCCCC.CCOC(C)=O. The van der Waals surface area contributed by atoms with Gasteiger partial charge in [0.25, 0.3) is 0 Å². The molecular formula is C31H42O6. The van der Waals surface area contributed by atoms with Gasteiger partial charge in [0.1, 0.15) is 13.2 Å². The molecule has 6 nitrogen and oxygen atoms in total. The first kappa shape index (κ1) is 31.6. The van der Waals surface area contributed by atoms with Gasteiger partial charge in [0.15, 0.2) is 0 Å². The molecule has 0 spiro atoms. The van der Waals surface area contributed by atoms with Crippen LogP contribution < -0.4 is 0 Å². The van der Waals surface area contributed by atoms with Gasteiger partial charge in [-0.3, -0.25) is 14.4 Å². The minimum atomic E-state index is -0.313. The van der Waals surface area contributed by atoms with Gasteiger partial charge in [-0.1, -0.05) is 94.5 Å². The molecule has 0 bridgehead atoms. The number of ether oxygens (including phenoxy) is 3. The third-order valence-electron chi connectivity index (χ3n) is 5.55. The first-order chi connectivity index (χ1) is 17.8. The first-order valence-corrected chi connectivity index (χ1v) is 13.1. The Morgan fingerprint density at radius 1 is 0.541 bits per heavy atom. The van der Waals surface area contributed by atoms with E-state index >= 15 is 0 Å². The highest BCUT2D eigenvalue weighted by molar-refractivity contribution is 6.05. The molecule has 0 fully saturated rings. The summed E-state index contributed by atoms with van der Waals surface area (Å²) >= 11 is 0. The molecule has 0 saturated carbocycles. The maximum Gasteiger partial charge on any atom is 0.302 e. The van der Waals surface area contributed by atoms with E-state index in [4.69, 9.17) is 9.47 Å². The molecule has 37 heavy (non-hydrogen) atoms. The normalized spacial score (nSPS) is 10.0. The summed E-state index contributed by atoms with van der Waals surface area (Å²) in [6.45, 7) is 11.4. The van der Waals surface area contributed by atoms with E-state index in [1.807, 2.05) is 48.5 Å². The van der Waals surface area contributed by atoms with Crippen molar-refractivity contribution in [1.29, 1.82) is 0 Å². The molecule has 0 heterocycles. The number of carbonyl (C=O) groups excluding carboxylic acids is 3. The van der Waals surface area contributed by atoms with Crippen molar-refractivity contribution in [2.45, 2.75) is 86.9 Å². The topological polar surface area (TPSA) is 78.9 Å². The number of esters is 3. The second kappa shape index (κ2) is 17.9. The molecule has 0 aliphatic heterocycles. The summed E-state index contributed by atoms with van der Waals surface area (Å²) < 4.78 is 14.9. The highest BCUT2D eigenvalue weighted by atomic mass is 16.5. The molecule has 0 N–H and O–H groups in total. The highest BCUT2D eigenvalue weighted by Gasteiger charge is 2.15. The predicted molar refractivity (Wildman–Crippen MR) is 149 cm³/mol. The smallest absolute Gasteiger partial charge is 0.302 e. The summed E-state index contributed by atoms with van der Waals surface area (Å²) in [5, 5.41) is 4.00. The lowest BCUT2D eigenvalue weighted by Crippen LogP contribution is -2.04. The fourth-order valence-electron chi connectivity index (χ4n) is 3.85. The Balaban J connectivity index is 0.000000437. The second-order valence-electron chi connectivity index (χ2n) is 8.59. The zero-order chi connectivity index (χ0) is 27.6. The van der Waals surface area contributed by atoms with Crippen molar-refractivity contribution in [3.8, 4) is 0 Å². The van der Waals surface area contributed by atoms with Crippen LogP contribution in [0.4, 0.5) is 0 Å². The number of benzene rings is 3. The number of hydrogen-bond donors (Lipinski definition) is 0. The highest BCUT2D eigenvalue weighted by Crippen LogP contribution is 2.34. The second-order valence-corrected chi connectivity index (χ2v) is 8.59. The average molecular weight is 511 g/mol. The van der Waals surface area contributed by atoms with Gasteiger partial charge >= 0.3 is 17.9 Å². The van der Waals surface area contributed by atoms with Crippen LogP contribution >= 0.6 is 0 Å². The molecule has 0 atom stereocenters. The van der Waals surface area contributed by atoms with Crippen LogP contribution in [-0.2, 0) is 41.8 Å². The maximum absolute atomic E-state index is 11.3. The lowest BCUT2D eigenvalue weighted by molar-refractivity contribution is -0.143. The number of carbonyl (C=O) groups is 3. The summed E-state index contributed by atoms with van der Waals surface area (Å²) in [5.41, 5.74) is 1.92. The van der Waals surface area contributed by atoms with Crippen LogP contribution in [0.15, 0.2) is 48.5 Å². The van der Waals surface area contributed by atoms with Gasteiger partial charge in [0.2, 0.25) is 0 Å². The Morgan fingerprint density at radius 3 is 1.08 bits per heavy atom. The number of hydrogen-bond acceptors (Lipinski definition) is 6. The van der Waals surface area contributed by atoms with E-state index in [-0.39, 0.29) is 31.1 Å². The molecule has 0 aliphatic rings. The van der Waals surface area contributed by atoms with Gasteiger partial charge in [0, 0.05) is 31.9 Å². The van der Waals surface area contributed by atoms with Crippen molar-refractivity contribution in [3.05, 3.63) is 59.7 Å². The summed E-state index contributed by atoms with van der Waals surface area (Å²) in [7, 11) is 0. The lowest BCUT2D eigenvalue weighted by atomic mass is 9.92. The van der Waals surface area contributed by atoms with Crippen LogP contribution in [0.3, 0.4) is 0 Å². The molecule has 3 aromatic rings. The molecule has 202 valence electrons. The van der Waals surface area contributed by atoms with Crippen molar-refractivity contribution >= 4 is 39.5 Å². The van der Waals surface area contributed by atoms with E-state index in [9.17, 15) is 14.4 Å². The van der Waals surface area contributed by atoms with Crippen molar-refractivity contribution in [3.63, 3.8) is 0 Å². The van der Waals surface area contributed by atoms with Crippen LogP contribution in [0, 0.1) is 0 Å². The van der Waals surface area contributed by atoms with Gasteiger partial charge in [-0.25, -0.2) is 0 Å². The fraction of sp³-hybridized carbons (Fsp3) is 0.452. The van der Waals surface area contributed by atoms with Crippen molar-refractivity contribution < 1.29 is 28.6 Å². The van der Waals surface area contributed by atoms with Crippen LogP contribution in [-0.4, -0.2) is 24.5 Å². The van der Waals surface area contributed by atoms with Gasteiger partial charge in [-0.05, 0) is 28.5 Å². The van der Waals surface area contributed by atoms with Crippen LogP contribution in [0.2, 0.25) is 0 Å². The van der Waals surface area contributed by atoms with E-state index in [1.165, 1.54) is 52.9 Å². The molecule has 0 unspecified atom stereocenters. The number of unbranched alkanes of at least 4 members (excludes halogenated alkanes) is 4. The lowest BCUT2D eigenvalue weighted by Gasteiger charge is -2.16. The standard InChI is InChI=1S/C20H18O4.C7H16.C4H8O2/c1-13(21)23-11-19-15-7-3-5-9-17(15)20(12-24-14(2)22)18-10-6-4-8-16(18)19;1-3-5-7-6-4-2;1-3-6-4(2)5/h3-10H,11-12H2,1-2H3;3-7H2,1-2H3;3H2,1-2H3. The Bertz CT molecular complexity index is 998. The molecule has 0 saturated heterocycles. The van der Waals surface area contributed by atoms with E-state index in [1.54, 1.807) is 6.92 Å². The molecular weight excluding hydrogens is 468 g/mol. The van der Waals surface area contributed by atoms with Crippen LogP contribution in [0.5, 0.6) is 0 Å². The van der Waals surface area contributed by atoms with Crippen molar-refractivity contribution in [2.75, 3.05) is 6.61 Å². The monoisotopic (exact) mass is 510 g/mol. The molecule has 0 aliphatic carbocycles. The predicted octanol–water partition coefficient (Wildman–Crippen LogP) is 7.67. The van der Waals surface area contributed by atoms with Gasteiger partial charge in [-0.2, -0.15) is 0 Å². The van der Waals surface area contributed by atoms with Crippen molar-refractivity contribution in [1.82, 2.24) is 0 Å². The third kappa shape index (κ3) is 11.5. The quantitative estimate of drug-likeness (QED) is 0.127. The Hall–Kier alpha value is -3.41. The molecule has 3 aromatic carbocycles.